The van der Waals surface area contributed by atoms with Gasteiger partial charge in [-0.1, -0.05) is 11.6 Å². The average Bonchev–Trinajstić information content (AvgIpc) is 2.37. The van der Waals surface area contributed by atoms with E-state index in [0.29, 0.717) is 17.0 Å². The molecule has 1 aromatic rings. The summed E-state index contributed by atoms with van der Waals surface area (Å²) in [5.74, 6) is 0.0407. The number of hydrogen-bond acceptors (Lipinski definition) is 3. The van der Waals surface area contributed by atoms with Crippen molar-refractivity contribution in [2.45, 2.75) is 32.4 Å². The van der Waals surface area contributed by atoms with E-state index in [4.69, 9.17) is 16.9 Å². The molecule has 18 heavy (non-hydrogen) atoms. The van der Waals surface area contributed by atoms with Gasteiger partial charge in [0.1, 0.15) is 0 Å². The lowest BCUT2D eigenvalue weighted by Gasteiger charge is -2.28. The van der Waals surface area contributed by atoms with Crippen LogP contribution in [-0.2, 0) is 0 Å². The first kappa shape index (κ1) is 14.7. The van der Waals surface area contributed by atoms with Gasteiger partial charge in [-0.05, 0) is 45.2 Å². The van der Waals surface area contributed by atoms with Crippen LogP contribution in [0.15, 0.2) is 24.3 Å². The van der Waals surface area contributed by atoms with Crippen LogP contribution in [0.5, 0.6) is 0 Å². The first-order chi connectivity index (χ1) is 8.47. The molecule has 3 nitrogen and oxygen atoms in total. The zero-order valence-electron chi connectivity index (χ0n) is 10.9. The molecule has 96 valence electrons. The van der Waals surface area contributed by atoms with Gasteiger partial charge < -0.3 is 0 Å². The summed E-state index contributed by atoms with van der Waals surface area (Å²) in [6, 6.07) is 8.79. The second-order valence-corrected chi connectivity index (χ2v) is 4.86. The number of halogens is 1. The molecule has 0 fully saturated rings. The van der Waals surface area contributed by atoms with Crippen molar-refractivity contribution in [1.82, 2.24) is 4.90 Å². The van der Waals surface area contributed by atoms with Crippen LogP contribution in [0.3, 0.4) is 0 Å². The Morgan fingerprint density at radius 1 is 1.39 bits per heavy atom. The fourth-order valence-electron chi connectivity index (χ4n) is 1.70. The van der Waals surface area contributed by atoms with E-state index in [2.05, 4.69) is 6.07 Å². The third-order valence-corrected chi connectivity index (χ3v) is 3.45. The highest BCUT2D eigenvalue weighted by Crippen LogP contribution is 2.14. The van der Waals surface area contributed by atoms with Gasteiger partial charge in [-0.25, -0.2) is 0 Å². The summed E-state index contributed by atoms with van der Waals surface area (Å²) in [6.45, 7) is 3.79. The van der Waals surface area contributed by atoms with E-state index in [9.17, 15) is 4.79 Å². The first-order valence-corrected chi connectivity index (χ1v) is 6.23. The predicted octanol–water partition coefficient (Wildman–Crippen LogP) is 3.15. The third kappa shape index (κ3) is 3.56. The number of carbonyl (C=O) groups excluding carboxylic acids is 1. The van der Waals surface area contributed by atoms with Crippen molar-refractivity contribution in [2.24, 2.45) is 0 Å². The normalized spacial score (nSPS) is 14.0. The largest absolute Gasteiger partial charge is 0.293 e. The first-order valence-electron chi connectivity index (χ1n) is 5.86. The van der Waals surface area contributed by atoms with Crippen LogP contribution in [0.25, 0.3) is 0 Å². The molecule has 4 heteroatoms. The van der Waals surface area contributed by atoms with E-state index in [-0.39, 0.29) is 17.9 Å². The lowest BCUT2D eigenvalue weighted by atomic mass is 10.0. The molecule has 0 aromatic heterocycles. The summed E-state index contributed by atoms with van der Waals surface area (Å²) in [4.78, 5) is 14.2. The van der Waals surface area contributed by atoms with Crippen LogP contribution in [0.4, 0.5) is 0 Å². The van der Waals surface area contributed by atoms with Crippen molar-refractivity contribution >= 4 is 17.4 Å². The van der Waals surface area contributed by atoms with Crippen LogP contribution in [0.1, 0.15) is 30.6 Å². The summed E-state index contributed by atoms with van der Waals surface area (Å²) in [6.07, 6.45) is 0.411. The molecule has 0 amide bonds. The molecular weight excluding hydrogens is 248 g/mol. The molecule has 0 saturated heterocycles. The van der Waals surface area contributed by atoms with Gasteiger partial charge in [-0.2, -0.15) is 5.26 Å². The Bertz CT molecular complexity index is 450. The van der Waals surface area contributed by atoms with E-state index in [1.807, 2.05) is 25.8 Å². The molecule has 1 aromatic carbocycles. The summed E-state index contributed by atoms with van der Waals surface area (Å²) in [5, 5.41) is 9.29. The number of benzene rings is 1. The number of nitriles is 1. The summed E-state index contributed by atoms with van der Waals surface area (Å²) in [5.41, 5.74) is 0.642. The molecule has 0 N–H and O–H groups in total. The SMILES string of the molecule is CC(CC#N)N(C)C(C)C(=O)c1ccc(Cl)cc1. The zero-order chi connectivity index (χ0) is 13.7. The maximum atomic E-state index is 12.2. The molecule has 2 atom stereocenters. The number of nitrogens with zero attached hydrogens (tertiary/aromatic N) is 2. The second kappa shape index (κ2) is 6.53. The molecule has 0 aliphatic rings. The Balaban J connectivity index is 2.78. The number of rotatable bonds is 5. The Morgan fingerprint density at radius 2 is 1.94 bits per heavy atom. The van der Waals surface area contributed by atoms with Gasteiger partial charge in [0.25, 0.3) is 0 Å². The van der Waals surface area contributed by atoms with Gasteiger partial charge in [0.05, 0.1) is 18.5 Å². The monoisotopic (exact) mass is 264 g/mol. The number of Topliss-reactive ketones (excluding diaryl/α,β-unsaturated/α-hetero) is 1. The molecule has 0 heterocycles. The number of ketones is 1. The maximum Gasteiger partial charge on any atom is 0.179 e. The highest BCUT2D eigenvalue weighted by atomic mass is 35.5. The molecule has 1 rings (SSSR count). The minimum atomic E-state index is -0.255. The highest BCUT2D eigenvalue weighted by molar-refractivity contribution is 6.30. The minimum Gasteiger partial charge on any atom is -0.293 e. The van der Waals surface area contributed by atoms with Crippen molar-refractivity contribution in [3.05, 3.63) is 34.9 Å². The topological polar surface area (TPSA) is 44.1 Å². The summed E-state index contributed by atoms with van der Waals surface area (Å²) >= 11 is 5.79. The van der Waals surface area contributed by atoms with Crippen molar-refractivity contribution in [3.8, 4) is 6.07 Å². The van der Waals surface area contributed by atoms with Crippen molar-refractivity contribution in [2.75, 3.05) is 7.05 Å². The molecule has 0 aliphatic carbocycles. The zero-order valence-corrected chi connectivity index (χ0v) is 11.6. The molecule has 0 saturated carbocycles. The fourth-order valence-corrected chi connectivity index (χ4v) is 1.82. The second-order valence-electron chi connectivity index (χ2n) is 4.42. The smallest absolute Gasteiger partial charge is 0.179 e. The molecule has 2 unspecified atom stereocenters. The molecular formula is C14H17ClN2O. The Labute approximate surface area is 113 Å². The van der Waals surface area contributed by atoms with E-state index in [1.54, 1.807) is 24.3 Å². The maximum absolute atomic E-state index is 12.2. The average molecular weight is 265 g/mol. The Kier molecular flexibility index (Phi) is 5.33. The van der Waals surface area contributed by atoms with E-state index in [1.165, 1.54) is 0 Å². The summed E-state index contributed by atoms with van der Waals surface area (Å²) < 4.78 is 0. The third-order valence-electron chi connectivity index (χ3n) is 3.20. The van der Waals surface area contributed by atoms with E-state index < -0.39 is 0 Å². The number of carbonyl (C=O) groups is 1. The standard InChI is InChI=1S/C14H17ClN2O/c1-10(8-9-16)17(3)11(2)14(18)12-4-6-13(15)7-5-12/h4-7,10-11H,8H2,1-3H3. The van der Waals surface area contributed by atoms with Gasteiger partial charge in [0.15, 0.2) is 5.78 Å². The molecule has 0 spiro atoms. The van der Waals surface area contributed by atoms with Crippen LogP contribution >= 0.6 is 11.6 Å². The van der Waals surface area contributed by atoms with Gasteiger partial charge in [-0.3, -0.25) is 9.69 Å². The Morgan fingerprint density at radius 3 is 2.44 bits per heavy atom. The predicted molar refractivity (Wildman–Crippen MR) is 72.7 cm³/mol. The Hall–Kier alpha value is -1.37. The lowest BCUT2D eigenvalue weighted by molar-refractivity contribution is 0.0828. The van der Waals surface area contributed by atoms with E-state index >= 15 is 0 Å². The van der Waals surface area contributed by atoms with Crippen LogP contribution in [-0.4, -0.2) is 29.8 Å². The van der Waals surface area contributed by atoms with Crippen LogP contribution < -0.4 is 0 Å². The molecule has 0 bridgehead atoms. The quantitative estimate of drug-likeness (QED) is 0.768. The van der Waals surface area contributed by atoms with Gasteiger partial charge in [0, 0.05) is 16.6 Å². The van der Waals surface area contributed by atoms with Crippen molar-refractivity contribution in [3.63, 3.8) is 0 Å². The highest BCUT2D eigenvalue weighted by Gasteiger charge is 2.22. The fraction of sp³-hybridized carbons (Fsp3) is 0.429. The lowest BCUT2D eigenvalue weighted by Crippen LogP contribution is -2.41. The van der Waals surface area contributed by atoms with E-state index in [0.717, 1.165) is 0 Å². The molecule has 0 radical (unpaired) electrons. The van der Waals surface area contributed by atoms with Gasteiger partial charge in [0.2, 0.25) is 0 Å². The van der Waals surface area contributed by atoms with Crippen LogP contribution in [0, 0.1) is 11.3 Å². The van der Waals surface area contributed by atoms with Gasteiger partial charge >= 0.3 is 0 Å². The van der Waals surface area contributed by atoms with Gasteiger partial charge in [-0.15, -0.1) is 0 Å². The summed E-state index contributed by atoms with van der Waals surface area (Å²) in [7, 11) is 1.86. The minimum absolute atomic E-state index is 0.0407. The van der Waals surface area contributed by atoms with Crippen molar-refractivity contribution < 1.29 is 4.79 Å². The number of likely N-dealkylation sites (N-methyl/N-ethyl adjacent to an activating group) is 1. The van der Waals surface area contributed by atoms with Crippen LogP contribution in [0.2, 0.25) is 5.02 Å². The van der Waals surface area contributed by atoms with Crippen molar-refractivity contribution in [1.29, 1.82) is 5.26 Å². The number of hydrogen-bond donors (Lipinski definition) is 0. The molecule has 0 aliphatic heterocycles.